The molecule has 1 heterocycles. The normalized spacial score (nSPS) is 14.4. The third-order valence-electron chi connectivity index (χ3n) is 3.89. The third kappa shape index (κ3) is 5.17. The van der Waals surface area contributed by atoms with Crippen molar-refractivity contribution in [3.63, 3.8) is 0 Å². The molecule has 1 aliphatic heterocycles. The number of hydrogen-bond acceptors (Lipinski definition) is 5. The van der Waals surface area contributed by atoms with Crippen LogP contribution in [0.15, 0.2) is 36.4 Å². The van der Waals surface area contributed by atoms with Crippen LogP contribution < -0.4 is 4.74 Å². The number of rotatable bonds is 3. The van der Waals surface area contributed by atoms with Gasteiger partial charge in [-0.1, -0.05) is 30.3 Å². The van der Waals surface area contributed by atoms with Gasteiger partial charge >= 0.3 is 11.9 Å². The molecule has 1 aliphatic rings. The maximum atomic E-state index is 9.10. The average Bonchev–Trinajstić information content (AvgIpc) is 2.63. The van der Waals surface area contributed by atoms with Crippen molar-refractivity contribution in [1.29, 1.82) is 0 Å². The molecule has 0 saturated carbocycles. The molecule has 2 N–H and O–H groups in total. The number of carbonyl (C=O) groups is 2. The molecule has 0 bridgehead atoms. The third-order valence-corrected chi connectivity index (χ3v) is 3.89. The standard InChI is InChI=1S/C16H19NO2.C2H2O4/c1-18-16-7-6-13-4-2-3-5-14(13)15(16)12-17-8-10-19-11-9-17;3-1(4)2(5)6/h2-7H,8-12H2,1H3;(H,3,4)(H,5,6). The number of methoxy groups -OCH3 is 1. The van der Waals surface area contributed by atoms with Gasteiger partial charge in [-0.15, -0.1) is 0 Å². The Morgan fingerprint density at radius 1 is 1.08 bits per heavy atom. The first-order chi connectivity index (χ1) is 12.0. The summed E-state index contributed by atoms with van der Waals surface area (Å²) in [5, 5.41) is 17.3. The lowest BCUT2D eigenvalue weighted by atomic mass is 10.0. The summed E-state index contributed by atoms with van der Waals surface area (Å²) in [5.74, 6) is -2.67. The Labute approximate surface area is 145 Å². The van der Waals surface area contributed by atoms with Crippen molar-refractivity contribution in [2.45, 2.75) is 6.54 Å². The molecule has 1 fully saturated rings. The fraction of sp³-hybridized carbons (Fsp3) is 0.333. The van der Waals surface area contributed by atoms with Crippen LogP contribution in [0, 0.1) is 0 Å². The number of carboxylic acids is 2. The zero-order valence-corrected chi connectivity index (χ0v) is 14.0. The van der Waals surface area contributed by atoms with Crippen molar-refractivity contribution in [3.8, 4) is 5.75 Å². The summed E-state index contributed by atoms with van der Waals surface area (Å²) in [5.41, 5.74) is 1.28. The second-order valence-electron chi connectivity index (χ2n) is 5.47. The lowest BCUT2D eigenvalue weighted by molar-refractivity contribution is -0.159. The van der Waals surface area contributed by atoms with E-state index in [2.05, 4.69) is 41.3 Å². The highest BCUT2D eigenvalue weighted by Gasteiger charge is 2.15. The molecule has 0 aliphatic carbocycles. The predicted octanol–water partition coefficient (Wildman–Crippen LogP) is 1.84. The summed E-state index contributed by atoms with van der Waals surface area (Å²) in [4.78, 5) is 20.6. The Morgan fingerprint density at radius 2 is 1.72 bits per heavy atom. The first kappa shape index (κ1) is 18.7. The van der Waals surface area contributed by atoms with Crippen LogP contribution in [0.25, 0.3) is 10.8 Å². The number of carboxylic acid groups (broad SMARTS) is 2. The van der Waals surface area contributed by atoms with Gasteiger partial charge in [-0.05, 0) is 16.8 Å². The molecule has 0 spiro atoms. The lowest BCUT2D eigenvalue weighted by Gasteiger charge is -2.27. The highest BCUT2D eigenvalue weighted by atomic mass is 16.5. The van der Waals surface area contributed by atoms with E-state index in [0.29, 0.717) is 0 Å². The Hall–Kier alpha value is -2.64. The molecule has 7 nitrogen and oxygen atoms in total. The van der Waals surface area contributed by atoms with E-state index < -0.39 is 11.9 Å². The highest BCUT2D eigenvalue weighted by molar-refractivity contribution is 6.27. The van der Waals surface area contributed by atoms with E-state index in [0.717, 1.165) is 38.6 Å². The van der Waals surface area contributed by atoms with Crippen LogP contribution in [0.3, 0.4) is 0 Å². The number of aliphatic carboxylic acids is 2. The summed E-state index contributed by atoms with van der Waals surface area (Å²) in [6.07, 6.45) is 0. The van der Waals surface area contributed by atoms with Crippen LogP contribution in [0.2, 0.25) is 0 Å². The van der Waals surface area contributed by atoms with Crippen LogP contribution in [-0.2, 0) is 20.9 Å². The molecular formula is C18H21NO6. The second kappa shape index (κ2) is 9.00. The fourth-order valence-electron chi connectivity index (χ4n) is 2.65. The molecule has 0 aromatic heterocycles. The van der Waals surface area contributed by atoms with Gasteiger partial charge in [-0.25, -0.2) is 9.59 Å². The fourth-order valence-corrected chi connectivity index (χ4v) is 2.65. The van der Waals surface area contributed by atoms with Crippen molar-refractivity contribution in [1.82, 2.24) is 4.90 Å². The van der Waals surface area contributed by atoms with E-state index in [1.807, 2.05) is 0 Å². The topological polar surface area (TPSA) is 96.3 Å². The molecule has 3 rings (SSSR count). The molecule has 25 heavy (non-hydrogen) atoms. The molecule has 1 saturated heterocycles. The molecular weight excluding hydrogens is 326 g/mol. The van der Waals surface area contributed by atoms with E-state index in [-0.39, 0.29) is 0 Å². The van der Waals surface area contributed by atoms with E-state index in [1.54, 1.807) is 7.11 Å². The van der Waals surface area contributed by atoms with Gasteiger partial charge in [0.25, 0.3) is 0 Å². The smallest absolute Gasteiger partial charge is 0.414 e. The zero-order chi connectivity index (χ0) is 18.2. The summed E-state index contributed by atoms with van der Waals surface area (Å²) in [7, 11) is 1.74. The number of nitrogens with zero attached hydrogens (tertiary/aromatic N) is 1. The molecule has 2 aromatic rings. The van der Waals surface area contributed by atoms with Gasteiger partial charge in [-0.3, -0.25) is 4.90 Å². The predicted molar refractivity (Wildman–Crippen MR) is 91.9 cm³/mol. The molecule has 0 radical (unpaired) electrons. The first-order valence-electron chi connectivity index (χ1n) is 7.84. The van der Waals surface area contributed by atoms with Crippen LogP contribution in [0.4, 0.5) is 0 Å². The van der Waals surface area contributed by atoms with Crippen LogP contribution in [0.1, 0.15) is 5.56 Å². The molecule has 134 valence electrons. The minimum atomic E-state index is -1.82. The summed E-state index contributed by atoms with van der Waals surface area (Å²) in [6, 6.07) is 12.7. The Bertz CT molecular complexity index is 727. The lowest BCUT2D eigenvalue weighted by Crippen LogP contribution is -2.35. The minimum Gasteiger partial charge on any atom is -0.496 e. The Kier molecular flexibility index (Phi) is 6.73. The number of morpholine rings is 1. The Morgan fingerprint density at radius 3 is 2.32 bits per heavy atom. The van der Waals surface area contributed by atoms with Crippen LogP contribution >= 0.6 is 0 Å². The molecule has 2 aromatic carbocycles. The molecule has 0 unspecified atom stereocenters. The first-order valence-corrected chi connectivity index (χ1v) is 7.84. The molecule has 7 heteroatoms. The van der Waals surface area contributed by atoms with Gasteiger partial charge in [0, 0.05) is 25.2 Å². The maximum absolute atomic E-state index is 9.10. The van der Waals surface area contributed by atoms with E-state index in [1.165, 1.54) is 16.3 Å². The highest BCUT2D eigenvalue weighted by Crippen LogP contribution is 2.29. The van der Waals surface area contributed by atoms with Gasteiger partial charge < -0.3 is 19.7 Å². The zero-order valence-electron chi connectivity index (χ0n) is 14.0. The van der Waals surface area contributed by atoms with Crippen molar-refractivity contribution < 1.29 is 29.3 Å². The number of fused-ring (bicyclic) bond motifs is 1. The van der Waals surface area contributed by atoms with Gasteiger partial charge in [0.05, 0.1) is 20.3 Å². The van der Waals surface area contributed by atoms with Gasteiger partial charge in [0.1, 0.15) is 5.75 Å². The number of benzene rings is 2. The van der Waals surface area contributed by atoms with E-state index in [9.17, 15) is 0 Å². The molecule has 0 atom stereocenters. The quantitative estimate of drug-likeness (QED) is 0.818. The van der Waals surface area contributed by atoms with Crippen LogP contribution in [0.5, 0.6) is 5.75 Å². The second-order valence-corrected chi connectivity index (χ2v) is 5.47. The van der Waals surface area contributed by atoms with E-state index in [4.69, 9.17) is 29.3 Å². The minimum absolute atomic E-state index is 0.826. The molecule has 0 amide bonds. The van der Waals surface area contributed by atoms with Crippen LogP contribution in [-0.4, -0.2) is 60.5 Å². The van der Waals surface area contributed by atoms with Gasteiger partial charge in [-0.2, -0.15) is 0 Å². The SMILES string of the molecule is COc1ccc2ccccc2c1CN1CCOCC1.O=C(O)C(=O)O. The van der Waals surface area contributed by atoms with Crippen molar-refractivity contribution in [2.24, 2.45) is 0 Å². The largest absolute Gasteiger partial charge is 0.496 e. The average molecular weight is 347 g/mol. The van der Waals surface area contributed by atoms with E-state index >= 15 is 0 Å². The van der Waals surface area contributed by atoms with Crippen molar-refractivity contribution in [3.05, 3.63) is 42.0 Å². The van der Waals surface area contributed by atoms with Gasteiger partial charge in [0.15, 0.2) is 0 Å². The Balaban J connectivity index is 0.000000326. The van der Waals surface area contributed by atoms with Crippen molar-refractivity contribution in [2.75, 3.05) is 33.4 Å². The summed E-state index contributed by atoms with van der Waals surface area (Å²) in [6.45, 7) is 4.56. The van der Waals surface area contributed by atoms with Crippen molar-refractivity contribution >= 4 is 22.7 Å². The number of ether oxygens (including phenoxy) is 2. The summed E-state index contributed by atoms with van der Waals surface area (Å²) >= 11 is 0. The monoisotopic (exact) mass is 347 g/mol. The van der Waals surface area contributed by atoms with Gasteiger partial charge in [0.2, 0.25) is 0 Å². The maximum Gasteiger partial charge on any atom is 0.414 e. The summed E-state index contributed by atoms with van der Waals surface area (Å²) < 4.78 is 10.9. The number of hydrogen-bond donors (Lipinski definition) is 2.